The second kappa shape index (κ2) is 4.18. The van der Waals surface area contributed by atoms with E-state index in [1.165, 1.54) is 14.2 Å². The molecule has 84 valence electrons. The summed E-state index contributed by atoms with van der Waals surface area (Å²) in [5.41, 5.74) is -0.943. The summed E-state index contributed by atoms with van der Waals surface area (Å²) in [4.78, 5) is 0. The van der Waals surface area contributed by atoms with E-state index in [2.05, 4.69) is 0 Å². The van der Waals surface area contributed by atoms with Gasteiger partial charge in [-0.2, -0.15) is 13.2 Å². The first-order chi connectivity index (χ1) is 6.90. The fourth-order valence-electron chi connectivity index (χ4n) is 1.07. The summed E-state index contributed by atoms with van der Waals surface area (Å²) in [6.45, 7) is 0. The van der Waals surface area contributed by atoms with E-state index in [9.17, 15) is 13.2 Å². The third kappa shape index (κ3) is 2.47. The van der Waals surface area contributed by atoms with Crippen LogP contribution in [0.2, 0.25) is 5.02 Å². The molecular weight excluding hydrogens is 233 g/mol. The molecule has 0 unspecified atom stereocenters. The van der Waals surface area contributed by atoms with Crippen molar-refractivity contribution in [3.05, 3.63) is 22.7 Å². The summed E-state index contributed by atoms with van der Waals surface area (Å²) < 4.78 is 46.8. The lowest BCUT2D eigenvalue weighted by Gasteiger charge is -2.13. The predicted molar refractivity (Wildman–Crippen MR) is 49.6 cm³/mol. The molecule has 15 heavy (non-hydrogen) atoms. The van der Waals surface area contributed by atoms with Crippen LogP contribution in [0.25, 0.3) is 0 Å². The van der Waals surface area contributed by atoms with Crippen LogP contribution in [-0.2, 0) is 6.18 Å². The fraction of sp³-hybridized carbons (Fsp3) is 0.333. The highest BCUT2D eigenvalue weighted by atomic mass is 35.5. The van der Waals surface area contributed by atoms with E-state index in [0.29, 0.717) is 0 Å². The van der Waals surface area contributed by atoms with Gasteiger partial charge in [-0.05, 0) is 6.07 Å². The number of rotatable bonds is 2. The number of hydrogen-bond acceptors (Lipinski definition) is 2. The Hall–Kier alpha value is -1.10. The summed E-state index contributed by atoms with van der Waals surface area (Å²) in [6.07, 6.45) is -4.50. The minimum atomic E-state index is -4.50. The number of alkyl halides is 3. The van der Waals surface area contributed by atoms with Crippen LogP contribution in [0.3, 0.4) is 0 Å². The van der Waals surface area contributed by atoms with Crippen LogP contribution in [0.4, 0.5) is 13.2 Å². The maximum Gasteiger partial charge on any atom is 0.417 e. The maximum atomic E-state index is 12.4. The van der Waals surface area contributed by atoms with Crippen LogP contribution in [0.1, 0.15) is 5.56 Å². The monoisotopic (exact) mass is 240 g/mol. The minimum absolute atomic E-state index is 0.00535. The van der Waals surface area contributed by atoms with Gasteiger partial charge >= 0.3 is 6.18 Å². The van der Waals surface area contributed by atoms with E-state index in [4.69, 9.17) is 21.1 Å². The van der Waals surface area contributed by atoms with Crippen LogP contribution >= 0.6 is 11.6 Å². The zero-order valence-electron chi connectivity index (χ0n) is 7.98. The molecule has 2 nitrogen and oxygen atoms in total. The first-order valence-corrected chi connectivity index (χ1v) is 4.26. The van der Waals surface area contributed by atoms with Crippen molar-refractivity contribution in [1.82, 2.24) is 0 Å². The van der Waals surface area contributed by atoms with E-state index in [0.717, 1.165) is 12.1 Å². The Labute approximate surface area is 89.6 Å². The Balaban J connectivity index is 3.32. The lowest BCUT2D eigenvalue weighted by atomic mass is 10.2. The third-order valence-electron chi connectivity index (χ3n) is 1.78. The Morgan fingerprint density at radius 2 is 1.53 bits per heavy atom. The van der Waals surface area contributed by atoms with Crippen LogP contribution in [0.5, 0.6) is 11.5 Å². The summed E-state index contributed by atoms with van der Waals surface area (Å²) in [5, 5.41) is -0.417. The zero-order chi connectivity index (χ0) is 11.6. The third-order valence-corrected chi connectivity index (χ3v) is 2.09. The van der Waals surface area contributed by atoms with Crippen molar-refractivity contribution < 1.29 is 22.6 Å². The minimum Gasteiger partial charge on any atom is -0.493 e. The average molecular weight is 241 g/mol. The highest BCUT2D eigenvalue weighted by Gasteiger charge is 2.34. The maximum absolute atomic E-state index is 12.4. The smallest absolute Gasteiger partial charge is 0.417 e. The van der Waals surface area contributed by atoms with Gasteiger partial charge in [0, 0.05) is 6.07 Å². The van der Waals surface area contributed by atoms with E-state index in [-0.39, 0.29) is 11.5 Å². The van der Waals surface area contributed by atoms with Crippen molar-refractivity contribution in [2.75, 3.05) is 14.2 Å². The molecule has 0 atom stereocenters. The summed E-state index contributed by atoms with van der Waals surface area (Å²) in [6, 6.07) is 1.88. The molecule has 1 aromatic rings. The number of methoxy groups -OCH3 is 2. The van der Waals surface area contributed by atoms with Gasteiger partial charge in [-0.3, -0.25) is 0 Å². The van der Waals surface area contributed by atoms with Crippen molar-refractivity contribution in [1.29, 1.82) is 0 Å². The standard InChI is InChI=1S/C9H8ClF3O2/c1-14-7-3-5(9(11,12)13)6(10)4-8(7)15-2/h3-4H,1-2H3. The highest BCUT2D eigenvalue weighted by molar-refractivity contribution is 6.31. The van der Waals surface area contributed by atoms with Crippen molar-refractivity contribution in [2.45, 2.75) is 6.18 Å². The molecule has 0 aromatic heterocycles. The molecule has 0 N–H and O–H groups in total. The van der Waals surface area contributed by atoms with Gasteiger partial charge in [-0.15, -0.1) is 0 Å². The van der Waals surface area contributed by atoms with Crippen LogP contribution < -0.4 is 9.47 Å². The summed E-state index contributed by atoms with van der Waals surface area (Å²) in [7, 11) is 2.58. The van der Waals surface area contributed by atoms with E-state index in [1.54, 1.807) is 0 Å². The lowest BCUT2D eigenvalue weighted by Crippen LogP contribution is -2.06. The van der Waals surface area contributed by atoms with Gasteiger partial charge in [-0.1, -0.05) is 11.6 Å². The molecule has 0 aliphatic heterocycles. The predicted octanol–water partition coefficient (Wildman–Crippen LogP) is 3.38. The molecule has 0 aliphatic carbocycles. The van der Waals surface area contributed by atoms with Gasteiger partial charge in [-0.25, -0.2) is 0 Å². The Morgan fingerprint density at radius 3 is 1.93 bits per heavy atom. The topological polar surface area (TPSA) is 18.5 Å². The Morgan fingerprint density at radius 1 is 1.07 bits per heavy atom. The summed E-state index contributed by atoms with van der Waals surface area (Å²) >= 11 is 5.47. The molecule has 0 saturated carbocycles. The SMILES string of the molecule is COc1cc(Cl)c(C(F)(F)F)cc1OC. The second-order valence-electron chi connectivity index (χ2n) is 2.68. The number of hydrogen-bond donors (Lipinski definition) is 0. The molecule has 1 rings (SSSR count). The van der Waals surface area contributed by atoms with Gasteiger partial charge in [0.2, 0.25) is 0 Å². The zero-order valence-corrected chi connectivity index (χ0v) is 8.74. The average Bonchev–Trinajstić information content (AvgIpc) is 2.15. The second-order valence-corrected chi connectivity index (χ2v) is 3.09. The number of ether oxygens (including phenoxy) is 2. The molecule has 6 heteroatoms. The van der Waals surface area contributed by atoms with Crippen molar-refractivity contribution >= 4 is 11.6 Å². The molecule has 0 heterocycles. The van der Waals surface area contributed by atoms with Crippen molar-refractivity contribution in [3.8, 4) is 11.5 Å². The Bertz CT molecular complexity index is 363. The highest BCUT2D eigenvalue weighted by Crippen LogP contribution is 2.41. The Kier molecular flexibility index (Phi) is 3.34. The van der Waals surface area contributed by atoms with Gasteiger partial charge < -0.3 is 9.47 Å². The van der Waals surface area contributed by atoms with Crippen LogP contribution in [0, 0.1) is 0 Å². The number of halogens is 4. The molecule has 0 saturated heterocycles. The molecule has 0 aliphatic rings. The molecular formula is C9H8ClF3O2. The van der Waals surface area contributed by atoms with Gasteiger partial charge in [0.15, 0.2) is 11.5 Å². The molecule has 0 fully saturated rings. The molecule has 0 bridgehead atoms. The van der Waals surface area contributed by atoms with E-state index in [1.807, 2.05) is 0 Å². The largest absolute Gasteiger partial charge is 0.493 e. The molecule has 0 amide bonds. The molecule has 1 aromatic carbocycles. The van der Waals surface area contributed by atoms with Crippen molar-refractivity contribution in [2.24, 2.45) is 0 Å². The van der Waals surface area contributed by atoms with E-state index < -0.39 is 16.8 Å². The first-order valence-electron chi connectivity index (χ1n) is 3.89. The molecule has 0 spiro atoms. The fourth-order valence-corrected chi connectivity index (χ4v) is 1.33. The molecule has 0 radical (unpaired) electrons. The van der Waals surface area contributed by atoms with Crippen molar-refractivity contribution in [3.63, 3.8) is 0 Å². The van der Waals surface area contributed by atoms with Gasteiger partial charge in [0.1, 0.15) is 0 Å². The lowest BCUT2D eigenvalue weighted by molar-refractivity contribution is -0.137. The first kappa shape index (κ1) is 12.0. The van der Waals surface area contributed by atoms with E-state index >= 15 is 0 Å². The quantitative estimate of drug-likeness (QED) is 0.789. The summed E-state index contributed by atoms with van der Waals surface area (Å²) in [5.74, 6) is 0.157. The normalized spacial score (nSPS) is 11.3. The van der Waals surface area contributed by atoms with Crippen LogP contribution in [0.15, 0.2) is 12.1 Å². The van der Waals surface area contributed by atoms with Crippen LogP contribution in [-0.4, -0.2) is 14.2 Å². The van der Waals surface area contributed by atoms with Gasteiger partial charge in [0.05, 0.1) is 24.8 Å². The van der Waals surface area contributed by atoms with Gasteiger partial charge in [0.25, 0.3) is 0 Å². The number of benzene rings is 1.